The molecule has 20 heavy (non-hydrogen) atoms. The zero-order valence-corrected chi connectivity index (χ0v) is 13.6. The number of hydrogen-bond donors (Lipinski definition) is 0. The molecule has 1 unspecified atom stereocenters. The maximum atomic E-state index is 5.56. The first-order chi connectivity index (χ1) is 9.24. The van der Waals surface area contributed by atoms with Crippen LogP contribution in [-0.2, 0) is 12.8 Å². The molecule has 1 aromatic rings. The number of ether oxygens (including phenoxy) is 1. The highest BCUT2D eigenvalue weighted by Gasteiger charge is 2.41. The number of rotatable bonds is 3. The summed E-state index contributed by atoms with van der Waals surface area (Å²) < 4.78 is 5.56. The van der Waals surface area contributed by atoms with Crippen LogP contribution in [0.1, 0.15) is 37.8 Å². The molecule has 1 heterocycles. The fraction of sp³-hybridized carbons (Fsp3) is 0.647. The van der Waals surface area contributed by atoms with Crippen molar-refractivity contribution >= 4 is 12.4 Å². The monoisotopic (exact) mass is 295 g/mol. The Morgan fingerprint density at radius 2 is 2.10 bits per heavy atom. The second-order valence-electron chi connectivity index (χ2n) is 6.16. The predicted octanol–water partition coefficient (Wildman–Crippen LogP) is 3.70. The summed E-state index contributed by atoms with van der Waals surface area (Å²) in [6.45, 7) is 5.93. The fourth-order valence-corrected chi connectivity index (χ4v) is 4.19. The van der Waals surface area contributed by atoms with Crippen LogP contribution in [-0.4, -0.2) is 30.6 Å². The van der Waals surface area contributed by atoms with Crippen molar-refractivity contribution in [3.8, 4) is 5.75 Å². The fourth-order valence-electron chi connectivity index (χ4n) is 4.19. The smallest absolute Gasteiger partial charge is 0.122 e. The number of likely N-dealkylation sites (tertiary alicyclic amines) is 1. The van der Waals surface area contributed by atoms with Crippen LogP contribution in [0.5, 0.6) is 5.75 Å². The third kappa shape index (κ3) is 2.56. The van der Waals surface area contributed by atoms with Gasteiger partial charge in [-0.3, -0.25) is 4.90 Å². The SMILES string of the molecule is CCCN1C2Cc3c(cccc3OC)C[C@H]2C[C@H]1C.Cl. The van der Waals surface area contributed by atoms with E-state index in [9.17, 15) is 0 Å². The number of methoxy groups -OCH3 is 1. The molecule has 0 saturated carbocycles. The first kappa shape index (κ1) is 15.7. The quantitative estimate of drug-likeness (QED) is 0.843. The van der Waals surface area contributed by atoms with Gasteiger partial charge in [0, 0.05) is 12.1 Å². The average Bonchev–Trinajstić information content (AvgIpc) is 2.72. The maximum absolute atomic E-state index is 5.56. The van der Waals surface area contributed by atoms with E-state index in [0.717, 1.165) is 23.8 Å². The van der Waals surface area contributed by atoms with Crippen LogP contribution in [0.25, 0.3) is 0 Å². The molecule has 1 aromatic carbocycles. The number of hydrogen-bond acceptors (Lipinski definition) is 2. The summed E-state index contributed by atoms with van der Waals surface area (Å²) in [5.41, 5.74) is 2.98. The molecule has 1 saturated heterocycles. The van der Waals surface area contributed by atoms with E-state index in [1.54, 1.807) is 7.11 Å². The number of benzene rings is 1. The molecule has 112 valence electrons. The Balaban J connectivity index is 0.00000147. The van der Waals surface area contributed by atoms with Crippen LogP contribution in [0.2, 0.25) is 0 Å². The molecule has 0 bridgehead atoms. The maximum Gasteiger partial charge on any atom is 0.122 e. The summed E-state index contributed by atoms with van der Waals surface area (Å²) in [6, 6.07) is 8.03. The predicted molar refractivity (Wildman–Crippen MR) is 86.0 cm³/mol. The van der Waals surface area contributed by atoms with Crippen LogP contribution in [0.4, 0.5) is 0 Å². The third-order valence-corrected chi connectivity index (χ3v) is 5.01. The minimum Gasteiger partial charge on any atom is -0.496 e. The Hall–Kier alpha value is -0.730. The molecule has 0 aromatic heterocycles. The van der Waals surface area contributed by atoms with Gasteiger partial charge in [-0.15, -0.1) is 12.4 Å². The van der Waals surface area contributed by atoms with Gasteiger partial charge in [0.2, 0.25) is 0 Å². The molecule has 1 fully saturated rings. The van der Waals surface area contributed by atoms with E-state index in [2.05, 4.69) is 36.9 Å². The van der Waals surface area contributed by atoms with Crippen molar-refractivity contribution in [2.45, 2.75) is 51.6 Å². The molecule has 0 N–H and O–H groups in total. The first-order valence-corrected chi connectivity index (χ1v) is 7.65. The van der Waals surface area contributed by atoms with Gasteiger partial charge in [-0.25, -0.2) is 0 Å². The standard InChI is InChI=1S/C17H25NO.ClH/c1-4-8-18-12(2)9-14-10-13-6-5-7-17(19-3)15(13)11-16(14)18;/h5-7,12,14,16H,4,8-11H2,1-3H3;1H/t12-,14-,16?;/m1./s1. The number of nitrogens with zero attached hydrogens (tertiary/aromatic N) is 1. The normalized spacial score (nSPS) is 28.4. The molecule has 1 aliphatic heterocycles. The topological polar surface area (TPSA) is 12.5 Å². The third-order valence-electron chi connectivity index (χ3n) is 5.01. The molecule has 1 aliphatic carbocycles. The summed E-state index contributed by atoms with van der Waals surface area (Å²) in [6.07, 6.45) is 5.03. The molecule has 3 atom stereocenters. The zero-order chi connectivity index (χ0) is 13.4. The van der Waals surface area contributed by atoms with Crippen molar-refractivity contribution < 1.29 is 4.74 Å². The van der Waals surface area contributed by atoms with Gasteiger partial charge in [0.05, 0.1) is 7.11 Å². The van der Waals surface area contributed by atoms with Gasteiger partial charge in [-0.05, 0) is 62.3 Å². The van der Waals surface area contributed by atoms with Gasteiger partial charge >= 0.3 is 0 Å². The highest BCUT2D eigenvalue weighted by Crippen LogP contribution is 2.41. The Morgan fingerprint density at radius 3 is 2.80 bits per heavy atom. The van der Waals surface area contributed by atoms with Crippen LogP contribution in [0.3, 0.4) is 0 Å². The van der Waals surface area contributed by atoms with E-state index in [4.69, 9.17) is 4.74 Å². The molecular weight excluding hydrogens is 270 g/mol. The van der Waals surface area contributed by atoms with Gasteiger partial charge in [-0.2, -0.15) is 0 Å². The highest BCUT2D eigenvalue weighted by molar-refractivity contribution is 5.85. The largest absolute Gasteiger partial charge is 0.496 e. The van der Waals surface area contributed by atoms with Gasteiger partial charge in [-0.1, -0.05) is 19.1 Å². The lowest BCUT2D eigenvalue weighted by molar-refractivity contribution is 0.180. The van der Waals surface area contributed by atoms with Gasteiger partial charge < -0.3 is 4.74 Å². The van der Waals surface area contributed by atoms with Crippen molar-refractivity contribution in [1.82, 2.24) is 4.90 Å². The summed E-state index contributed by atoms with van der Waals surface area (Å²) in [4.78, 5) is 2.74. The zero-order valence-electron chi connectivity index (χ0n) is 12.8. The molecule has 0 radical (unpaired) electrons. The van der Waals surface area contributed by atoms with Crippen LogP contribution in [0.15, 0.2) is 18.2 Å². The molecule has 3 heteroatoms. The van der Waals surface area contributed by atoms with E-state index in [1.807, 2.05) is 0 Å². The van der Waals surface area contributed by atoms with Crippen LogP contribution in [0, 0.1) is 5.92 Å². The number of halogens is 1. The van der Waals surface area contributed by atoms with Crippen molar-refractivity contribution in [2.24, 2.45) is 5.92 Å². The van der Waals surface area contributed by atoms with Crippen molar-refractivity contribution in [3.63, 3.8) is 0 Å². The van der Waals surface area contributed by atoms with E-state index in [1.165, 1.54) is 43.4 Å². The number of fused-ring (bicyclic) bond motifs is 2. The molecule has 0 amide bonds. The molecule has 3 rings (SSSR count). The van der Waals surface area contributed by atoms with E-state index in [0.29, 0.717) is 0 Å². The highest BCUT2D eigenvalue weighted by atomic mass is 35.5. The van der Waals surface area contributed by atoms with Crippen LogP contribution < -0.4 is 4.74 Å². The summed E-state index contributed by atoms with van der Waals surface area (Å²) in [7, 11) is 1.79. The Bertz CT molecular complexity index is 462. The minimum atomic E-state index is 0. The van der Waals surface area contributed by atoms with E-state index in [-0.39, 0.29) is 12.4 Å². The van der Waals surface area contributed by atoms with E-state index < -0.39 is 0 Å². The second kappa shape index (κ2) is 6.36. The average molecular weight is 296 g/mol. The molecule has 2 nitrogen and oxygen atoms in total. The second-order valence-corrected chi connectivity index (χ2v) is 6.16. The molecular formula is C17H26ClNO. The summed E-state index contributed by atoms with van der Waals surface area (Å²) >= 11 is 0. The molecule has 0 spiro atoms. The summed E-state index contributed by atoms with van der Waals surface area (Å²) in [5.74, 6) is 1.94. The minimum absolute atomic E-state index is 0. The Morgan fingerprint density at radius 1 is 1.30 bits per heavy atom. The first-order valence-electron chi connectivity index (χ1n) is 7.65. The van der Waals surface area contributed by atoms with Gasteiger partial charge in [0.25, 0.3) is 0 Å². The van der Waals surface area contributed by atoms with Crippen molar-refractivity contribution in [3.05, 3.63) is 29.3 Å². The van der Waals surface area contributed by atoms with Crippen molar-refractivity contribution in [1.29, 1.82) is 0 Å². The summed E-state index contributed by atoms with van der Waals surface area (Å²) in [5, 5.41) is 0. The van der Waals surface area contributed by atoms with Crippen LogP contribution >= 0.6 is 12.4 Å². The van der Waals surface area contributed by atoms with Gasteiger partial charge in [0.1, 0.15) is 5.75 Å². The lowest BCUT2D eigenvalue weighted by Crippen LogP contribution is -2.40. The van der Waals surface area contributed by atoms with Crippen molar-refractivity contribution in [2.75, 3.05) is 13.7 Å². The lowest BCUT2D eigenvalue weighted by atomic mass is 9.80. The Labute approximate surface area is 128 Å². The lowest BCUT2D eigenvalue weighted by Gasteiger charge is -2.34. The van der Waals surface area contributed by atoms with Gasteiger partial charge in [0.15, 0.2) is 0 Å². The Kier molecular flexibility index (Phi) is 4.98. The molecule has 2 aliphatic rings. The van der Waals surface area contributed by atoms with E-state index >= 15 is 0 Å².